The first-order valence-electron chi connectivity index (χ1n) is 8.89. The third-order valence-corrected chi connectivity index (χ3v) is 4.67. The predicted octanol–water partition coefficient (Wildman–Crippen LogP) is 2.16. The lowest BCUT2D eigenvalue weighted by molar-refractivity contribution is -0.116. The van der Waals surface area contributed by atoms with Crippen LogP contribution in [-0.4, -0.2) is 39.2 Å². The fraction of sp³-hybridized carbons (Fsp3) is 0.556. The average molecular weight is 342 g/mol. The molecular formula is C18H26N6O. The third kappa shape index (κ3) is 4.42. The van der Waals surface area contributed by atoms with Gasteiger partial charge in [0.25, 0.3) is 0 Å². The van der Waals surface area contributed by atoms with Crippen LogP contribution in [0, 0.1) is 20.8 Å². The molecule has 0 radical (unpaired) electrons. The number of aromatic nitrogens is 4. The van der Waals surface area contributed by atoms with Crippen LogP contribution in [0.4, 0.5) is 5.69 Å². The van der Waals surface area contributed by atoms with Gasteiger partial charge in [0.2, 0.25) is 5.91 Å². The van der Waals surface area contributed by atoms with Crippen molar-refractivity contribution in [3.63, 3.8) is 0 Å². The number of hydrogen-bond donors (Lipinski definition) is 3. The van der Waals surface area contributed by atoms with E-state index in [9.17, 15) is 4.79 Å². The van der Waals surface area contributed by atoms with Gasteiger partial charge in [-0.1, -0.05) is 0 Å². The lowest BCUT2D eigenvalue weighted by Gasteiger charge is -2.22. The number of amides is 1. The monoisotopic (exact) mass is 342 g/mol. The molecule has 7 heteroatoms. The highest BCUT2D eigenvalue weighted by Gasteiger charge is 2.18. The zero-order valence-corrected chi connectivity index (χ0v) is 15.1. The number of nitrogens with zero attached hydrogens (tertiary/aromatic N) is 3. The Morgan fingerprint density at radius 1 is 1.24 bits per heavy atom. The summed E-state index contributed by atoms with van der Waals surface area (Å²) in [6.07, 6.45) is 3.22. The molecule has 0 saturated carbocycles. The molecule has 2 aromatic rings. The maximum atomic E-state index is 12.3. The van der Waals surface area contributed by atoms with E-state index in [0.29, 0.717) is 18.8 Å². The van der Waals surface area contributed by atoms with E-state index in [1.54, 1.807) is 0 Å². The number of anilines is 1. The Kier molecular flexibility index (Phi) is 5.43. The summed E-state index contributed by atoms with van der Waals surface area (Å²) >= 11 is 0. The van der Waals surface area contributed by atoms with E-state index in [4.69, 9.17) is 0 Å². The molecule has 0 spiro atoms. The molecule has 1 saturated heterocycles. The number of carbonyl (C=O) groups excluding carboxylic acids is 1. The van der Waals surface area contributed by atoms with Crippen LogP contribution in [0.2, 0.25) is 0 Å². The molecule has 134 valence electrons. The SMILES string of the molecule is Cc1nc(CCC(=O)Nc2c(C)n[nH]c2C)cc(C2CCNCC2)n1. The van der Waals surface area contributed by atoms with Crippen molar-refractivity contribution in [1.29, 1.82) is 0 Å². The first-order chi connectivity index (χ1) is 12.0. The van der Waals surface area contributed by atoms with Crippen LogP contribution in [0.5, 0.6) is 0 Å². The van der Waals surface area contributed by atoms with Gasteiger partial charge in [-0.15, -0.1) is 0 Å². The summed E-state index contributed by atoms with van der Waals surface area (Å²) in [6.45, 7) is 7.77. The van der Waals surface area contributed by atoms with Gasteiger partial charge in [0.1, 0.15) is 5.82 Å². The number of hydrogen-bond acceptors (Lipinski definition) is 5. The highest BCUT2D eigenvalue weighted by Crippen LogP contribution is 2.24. The van der Waals surface area contributed by atoms with Crippen molar-refractivity contribution in [1.82, 2.24) is 25.5 Å². The summed E-state index contributed by atoms with van der Waals surface area (Å²) in [5.41, 5.74) is 4.51. The molecule has 1 fully saturated rings. The number of piperidine rings is 1. The van der Waals surface area contributed by atoms with Crippen molar-refractivity contribution in [2.75, 3.05) is 18.4 Å². The number of nitrogens with one attached hydrogen (secondary N) is 3. The van der Waals surface area contributed by atoms with E-state index >= 15 is 0 Å². The zero-order chi connectivity index (χ0) is 17.8. The Labute approximate surface area is 148 Å². The maximum absolute atomic E-state index is 12.3. The minimum atomic E-state index is -0.0210. The number of rotatable bonds is 5. The second-order valence-electron chi connectivity index (χ2n) is 6.71. The summed E-state index contributed by atoms with van der Waals surface area (Å²) in [6, 6.07) is 2.07. The summed E-state index contributed by atoms with van der Waals surface area (Å²) < 4.78 is 0. The van der Waals surface area contributed by atoms with E-state index < -0.39 is 0 Å². The van der Waals surface area contributed by atoms with Crippen molar-refractivity contribution >= 4 is 11.6 Å². The molecule has 0 atom stereocenters. The van der Waals surface area contributed by atoms with Crippen LogP contribution in [0.25, 0.3) is 0 Å². The van der Waals surface area contributed by atoms with Gasteiger partial charge in [0.05, 0.1) is 17.1 Å². The third-order valence-electron chi connectivity index (χ3n) is 4.67. The van der Waals surface area contributed by atoms with Gasteiger partial charge in [0, 0.05) is 23.7 Å². The van der Waals surface area contributed by atoms with E-state index in [-0.39, 0.29) is 5.91 Å². The molecule has 0 aromatic carbocycles. The molecule has 7 nitrogen and oxygen atoms in total. The van der Waals surface area contributed by atoms with E-state index in [1.807, 2.05) is 20.8 Å². The summed E-state index contributed by atoms with van der Waals surface area (Å²) in [5.74, 6) is 1.26. The van der Waals surface area contributed by atoms with E-state index in [0.717, 1.165) is 60.2 Å². The fourth-order valence-corrected chi connectivity index (χ4v) is 3.29. The normalized spacial score (nSPS) is 15.3. The molecule has 1 aliphatic rings. The highest BCUT2D eigenvalue weighted by atomic mass is 16.1. The molecule has 0 aliphatic carbocycles. The van der Waals surface area contributed by atoms with Crippen molar-refractivity contribution < 1.29 is 4.79 Å². The number of carbonyl (C=O) groups is 1. The molecule has 1 amide bonds. The molecule has 3 heterocycles. The van der Waals surface area contributed by atoms with Crippen LogP contribution >= 0.6 is 0 Å². The highest BCUT2D eigenvalue weighted by molar-refractivity contribution is 5.91. The average Bonchev–Trinajstić information content (AvgIpc) is 2.92. The van der Waals surface area contributed by atoms with Crippen LogP contribution in [0.3, 0.4) is 0 Å². The molecule has 0 bridgehead atoms. The van der Waals surface area contributed by atoms with E-state index in [1.165, 1.54) is 0 Å². The molecule has 2 aromatic heterocycles. The Bertz CT molecular complexity index is 729. The van der Waals surface area contributed by atoms with Gasteiger partial charge in [0.15, 0.2) is 0 Å². The summed E-state index contributed by atoms with van der Waals surface area (Å²) in [5, 5.41) is 13.3. The Morgan fingerprint density at radius 2 is 2.00 bits per heavy atom. The fourth-order valence-electron chi connectivity index (χ4n) is 3.29. The standard InChI is InChI=1S/C18H26N6O/c1-11-18(12(2)24-23-11)22-17(25)5-4-15-10-16(21-13(3)20-15)14-6-8-19-9-7-14/h10,14,19H,4-9H2,1-3H3,(H,22,25)(H,23,24). The first kappa shape index (κ1) is 17.5. The van der Waals surface area contributed by atoms with Gasteiger partial charge in [-0.05, 0) is 59.2 Å². The topological polar surface area (TPSA) is 95.6 Å². The second-order valence-corrected chi connectivity index (χ2v) is 6.71. The van der Waals surface area contributed by atoms with Gasteiger partial charge in [-0.2, -0.15) is 5.10 Å². The molecule has 25 heavy (non-hydrogen) atoms. The largest absolute Gasteiger partial charge is 0.323 e. The summed E-state index contributed by atoms with van der Waals surface area (Å²) in [4.78, 5) is 21.4. The first-order valence-corrected chi connectivity index (χ1v) is 8.89. The van der Waals surface area contributed by atoms with Crippen molar-refractivity contribution in [3.8, 4) is 0 Å². The minimum Gasteiger partial charge on any atom is -0.323 e. The predicted molar refractivity (Wildman–Crippen MR) is 96.6 cm³/mol. The lowest BCUT2D eigenvalue weighted by Crippen LogP contribution is -2.27. The van der Waals surface area contributed by atoms with E-state index in [2.05, 4.69) is 36.9 Å². The van der Waals surface area contributed by atoms with Crippen LogP contribution in [0.1, 0.15) is 53.8 Å². The number of aryl methyl sites for hydroxylation is 4. The second kappa shape index (κ2) is 7.74. The van der Waals surface area contributed by atoms with Crippen LogP contribution < -0.4 is 10.6 Å². The maximum Gasteiger partial charge on any atom is 0.224 e. The molecular weight excluding hydrogens is 316 g/mol. The van der Waals surface area contributed by atoms with Crippen molar-refractivity contribution in [3.05, 3.63) is 34.7 Å². The zero-order valence-electron chi connectivity index (χ0n) is 15.1. The van der Waals surface area contributed by atoms with Crippen LogP contribution in [-0.2, 0) is 11.2 Å². The summed E-state index contributed by atoms with van der Waals surface area (Å²) in [7, 11) is 0. The molecule has 1 aliphatic heterocycles. The number of H-pyrrole nitrogens is 1. The molecule has 3 N–H and O–H groups in total. The minimum absolute atomic E-state index is 0.0210. The van der Waals surface area contributed by atoms with Gasteiger partial charge in [-0.25, -0.2) is 9.97 Å². The Balaban J connectivity index is 1.62. The van der Waals surface area contributed by atoms with Crippen LogP contribution in [0.15, 0.2) is 6.07 Å². The smallest absolute Gasteiger partial charge is 0.224 e. The quantitative estimate of drug-likeness (QED) is 0.774. The lowest BCUT2D eigenvalue weighted by atomic mass is 9.93. The van der Waals surface area contributed by atoms with Gasteiger partial charge in [-0.3, -0.25) is 9.89 Å². The Hall–Kier alpha value is -2.28. The van der Waals surface area contributed by atoms with Gasteiger partial charge < -0.3 is 10.6 Å². The number of aromatic amines is 1. The molecule has 0 unspecified atom stereocenters. The van der Waals surface area contributed by atoms with Gasteiger partial charge >= 0.3 is 0 Å². The Morgan fingerprint density at radius 3 is 2.68 bits per heavy atom. The van der Waals surface area contributed by atoms with Crippen molar-refractivity contribution in [2.24, 2.45) is 0 Å². The van der Waals surface area contributed by atoms with Crippen molar-refractivity contribution in [2.45, 2.75) is 52.4 Å². The molecule has 3 rings (SSSR count).